The highest BCUT2D eigenvalue weighted by molar-refractivity contribution is 6.36. The van der Waals surface area contributed by atoms with Crippen molar-refractivity contribution >= 4 is 58.5 Å². The number of aliphatic carboxylic acids is 1. The maximum absolute atomic E-state index is 15.3. The molecule has 7 rings (SSSR count). The fourth-order valence-corrected chi connectivity index (χ4v) is 9.20. The van der Waals surface area contributed by atoms with Crippen LogP contribution < -0.4 is 14.9 Å². The molecule has 52 heavy (non-hydrogen) atoms. The molecule has 0 aromatic heterocycles. The molecule has 0 bridgehead atoms. The van der Waals surface area contributed by atoms with Crippen molar-refractivity contribution in [3.05, 3.63) is 93.5 Å². The molecule has 3 fully saturated rings. The van der Waals surface area contributed by atoms with Crippen molar-refractivity contribution in [2.24, 2.45) is 23.7 Å². The first kappa shape index (κ1) is 35.3. The molecule has 3 aromatic rings. The minimum absolute atomic E-state index is 0.0271. The summed E-state index contributed by atoms with van der Waals surface area (Å²) < 4.78 is 11.0. The largest absolute Gasteiger partial charge is 0.508 e. The number of amides is 4. The Kier molecular flexibility index (Phi) is 9.16. The van der Waals surface area contributed by atoms with E-state index in [1.54, 1.807) is 48.5 Å². The number of benzene rings is 3. The van der Waals surface area contributed by atoms with Crippen LogP contribution in [0.5, 0.6) is 17.2 Å². The Morgan fingerprint density at radius 2 is 1.63 bits per heavy atom. The second-order valence-corrected chi connectivity index (χ2v) is 14.3. The van der Waals surface area contributed by atoms with E-state index in [1.165, 1.54) is 26.4 Å². The predicted molar refractivity (Wildman–Crippen MR) is 189 cm³/mol. The summed E-state index contributed by atoms with van der Waals surface area (Å²) >= 11 is 12.6. The van der Waals surface area contributed by atoms with Gasteiger partial charge in [-0.15, -0.1) is 0 Å². The van der Waals surface area contributed by atoms with Crippen LogP contribution in [0.4, 0.5) is 5.69 Å². The zero-order valence-corrected chi connectivity index (χ0v) is 29.7. The predicted octanol–water partition coefficient (Wildman–Crippen LogP) is 5.57. The number of nitrogens with one attached hydrogen (secondary N) is 1. The van der Waals surface area contributed by atoms with Gasteiger partial charge in [-0.1, -0.05) is 47.0 Å². The smallest absolute Gasteiger partial charge is 0.303 e. The standard InChI is InChI=1S/C38H35Cl2N3O9/c1-51-21-8-5-19(6-9-21)38-27(35(48)43(37(38)50)41-29-13-7-20(39)16-28(29)40)18-25-23(33(38)26-17-22(52-2)10-14-30(26)44)11-12-24-32(25)36(49)42(34(24)47)15-3-4-31(45)46/h5-11,13-14,16-17,24-25,27,32-33,41,44H,3-4,12,15,18H2,1-2H3,(H,45,46)/t24-,25+,27-,32-,33+,38+/m0/s1. The van der Waals surface area contributed by atoms with E-state index in [0.29, 0.717) is 33.2 Å². The number of phenolic OH excluding ortho intramolecular Hbond substituents is 1. The number of hydrogen-bond donors (Lipinski definition) is 3. The highest BCUT2D eigenvalue weighted by Crippen LogP contribution is 2.65. The Morgan fingerprint density at radius 3 is 2.31 bits per heavy atom. The molecule has 3 aromatic carbocycles. The number of carboxylic acids is 1. The Labute approximate surface area is 308 Å². The molecule has 2 saturated heterocycles. The number of carbonyl (C=O) groups is 5. The van der Waals surface area contributed by atoms with Crippen LogP contribution in [0.15, 0.2) is 72.3 Å². The van der Waals surface area contributed by atoms with Gasteiger partial charge in [-0.25, -0.2) is 0 Å². The van der Waals surface area contributed by atoms with E-state index in [4.69, 9.17) is 32.7 Å². The Balaban J connectivity index is 1.43. The third kappa shape index (κ3) is 5.47. The SMILES string of the molecule is COc1ccc([C@@]23C(=O)N(Nc4ccc(Cl)cc4Cl)C(=O)[C@@H]2C[C@@H]2C(=CC[C@@H]4C(=O)N(CCCC(=O)O)C(=O)[C@@H]42)[C@@H]3c2cc(OC)ccc2O)cc1. The Morgan fingerprint density at radius 1 is 0.923 bits per heavy atom. The number of methoxy groups -OCH3 is 2. The molecule has 1 saturated carbocycles. The van der Waals surface area contributed by atoms with Crippen LogP contribution in [0, 0.1) is 23.7 Å². The van der Waals surface area contributed by atoms with Gasteiger partial charge in [-0.05, 0) is 79.3 Å². The number of halogens is 2. The maximum Gasteiger partial charge on any atom is 0.303 e. The molecule has 6 atom stereocenters. The van der Waals surface area contributed by atoms with E-state index in [-0.39, 0.29) is 48.7 Å². The van der Waals surface area contributed by atoms with E-state index in [2.05, 4.69) is 5.43 Å². The number of carboxylic acid groups (broad SMARTS) is 1. The number of likely N-dealkylation sites (tertiary alicyclic amines) is 1. The first-order valence-corrected chi connectivity index (χ1v) is 17.6. The minimum Gasteiger partial charge on any atom is -0.508 e. The molecule has 4 amide bonds. The van der Waals surface area contributed by atoms with Gasteiger partial charge in [0.05, 0.1) is 48.1 Å². The normalized spacial score (nSPS) is 26.5. The number of allylic oxidation sites excluding steroid dienone is 2. The van der Waals surface area contributed by atoms with Gasteiger partial charge >= 0.3 is 5.97 Å². The van der Waals surface area contributed by atoms with E-state index < -0.39 is 64.6 Å². The van der Waals surface area contributed by atoms with Gasteiger partial charge in [-0.3, -0.25) is 34.3 Å². The molecule has 4 aliphatic rings. The summed E-state index contributed by atoms with van der Waals surface area (Å²) in [6.07, 6.45) is 1.96. The first-order valence-electron chi connectivity index (χ1n) is 16.8. The fourth-order valence-electron chi connectivity index (χ4n) is 8.75. The summed E-state index contributed by atoms with van der Waals surface area (Å²) in [6.45, 7) is -0.0463. The van der Waals surface area contributed by atoms with Gasteiger partial charge in [0.25, 0.3) is 11.8 Å². The van der Waals surface area contributed by atoms with Crippen LogP contribution in [-0.2, 0) is 29.4 Å². The van der Waals surface area contributed by atoms with Crippen molar-refractivity contribution in [2.75, 3.05) is 26.2 Å². The van der Waals surface area contributed by atoms with Crippen LogP contribution in [0.2, 0.25) is 10.0 Å². The average Bonchev–Trinajstić information content (AvgIpc) is 3.50. The molecule has 2 aliphatic heterocycles. The topological polar surface area (TPSA) is 163 Å². The number of carbonyl (C=O) groups excluding carboxylic acids is 4. The summed E-state index contributed by atoms with van der Waals surface area (Å²) in [5, 5.41) is 22.2. The van der Waals surface area contributed by atoms with Crippen molar-refractivity contribution < 1.29 is 43.7 Å². The molecule has 0 radical (unpaired) electrons. The summed E-state index contributed by atoms with van der Waals surface area (Å²) in [4.78, 5) is 70.4. The lowest BCUT2D eigenvalue weighted by atomic mass is 9.49. The van der Waals surface area contributed by atoms with Gasteiger partial charge < -0.3 is 19.7 Å². The van der Waals surface area contributed by atoms with Crippen molar-refractivity contribution in [1.82, 2.24) is 9.91 Å². The molecule has 0 unspecified atom stereocenters. The molecule has 12 nitrogen and oxygen atoms in total. The van der Waals surface area contributed by atoms with Crippen LogP contribution in [0.3, 0.4) is 0 Å². The maximum atomic E-state index is 15.3. The van der Waals surface area contributed by atoms with Crippen LogP contribution in [0.1, 0.15) is 42.7 Å². The third-order valence-corrected chi connectivity index (χ3v) is 11.5. The average molecular weight is 749 g/mol. The van der Waals surface area contributed by atoms with Gasteiger partial charge in [-0.2, -0.15) is 5.01 Å². The fraction of sp³-hybridized carbons (Fsp3) is 0.342. The van der Waals surface area contributed by atoms with Crippen LogP contribution >= 0.6 is 23.2 Å². The molecule has 2 heterocycles. The molecule has 3 N–H and O–H groups in total. The highest BCUT2D eigenvalue weighted by Gasteiger charge is 2.70. The van der Waals surface area contributed by atoms with Gasteiger partial charge in [0.1, 0.15) is 17.2 Å². The number of hydrogen-bond acceptors (Lipinski definition) is 9. The molecule has 0 spiro atoms. The van der Waals surface area contributed by atoms with E-state index >= 15 is 4.79 Å². The molecule has 2 aliphatic carbocycles. The lowest BCUT2D eigenvalue weighted by Gasteiger charge is -2.50. The van der Waals surface area contributed by atoms with E-state index in [9.17, 15) is 29.4 Å². The van der Waals surface area contributed by atoms with Crippen molar-refractivity contribution in [3.8, 4) is 17.2 Å². The van der Waals surface area contributed by atoms with Crippen molar-refractivity contribution in [2.45, 2.75) is 37.0 Å². The Bertz CT molecular complexity index is 2040. The number of hydrazine groups is 1. The zero-order chi connectivity index (χ0) is 37.1. The number of imide groups is 2. The van der Waals surface area contributed by atoms with Crippen LogP contribution in [0.25, 0.3) is 0 Å². The summed E-state index contributed by atoms with van der Waals surface area (Å²) in [6, 6.07) is 16.1. The first-order chi connectivity index (χ1) is 24.9. The number of anilines is 1. The van der Waals surface area contributed by atoms with Crippen LogP contribution in [-0.4, -0.2) is 70.5 Å². The second kappa shape index (κ2) is 13.5. The summed E-state index contributed by atoms with van der Waals surface area (Å²) in [5.41, 5.74) is 2.94. The number of fused-ring (bicyclic) bond motifs is 4. The minimum atomic E-state index is -1.67. The number of nitrogens with zero attached hydrogens (tertiary/aromatic N) is 2. The lowest BCUT2D eigenvalue weighted by molar-refractivity contribution is -0.142. The van der Waals surface area contributed by atoms with Gasteiger partial charge in [0.2, 0.25) is 11.8 Å². The van der Waals surface area contributed by atoms with E-state index in [1.807, 2.05) is 6.08 Å². The molecule has 14 heteroatoms. The number of aromatic hydroxyl groups is 1. The second-order valence-electron chi connectivity index (χ2n) is 13.5. The number of phenols is 1. The zero-order valence-electron chi connectivity index (χ0n) is 28.2. The van der Waals surface area contributed by atoms with E-state index in [0.717, 1.165) is 9.91 Å². The van der Waals surface area contributed by atoms with Gasteiger partial charge in [0.15, 0.2) is 0 Å². The molecule has 270 valence electrons. The molecular formula is C38H35Cl2N3O9. The van der Waals surface area contributed by atoms with Crippen molar-refractivity contribution in [1.29, 1.82) is 0 Å². The quantitative estimate of drug-likeness (QED) is 0.177. The monoisotopic (exact) mass is 747 g/mol. The molecular weight excluding hydrogens is 713 g/mol. The highest BCUT2D eigenvalue weighted by atomic mass is 35.5. The summed E-state index contributed by atoms with van der Waals surface area (Å²) in [7, 11) is 2.98. The summed E-state index contributed by atoms with van der Waals surface area (Å²) in [5.74, 6) is -6.69. The number of ether oxygens (including phenoxy) is 2. The Hall–Kier alpha value is -5.07. The lowest BCUT2D eigenvalue weighted by Crippen LogP contribution is -2.53. The third-order valence-electron chi connectivity index (χ3n) is 11.0. The van der Waals surface area contributed by atoms with Gasteiger partial charge in [0, 0.05) is 29.5 Å². The van der Waals surface area contributed by atoms with Crippen molar-refractivity contribution in [3.63, 3.8) is 0 Å². The number of rotatable bonds is 10.